The Bertz CT molecular complexity index is 1200. The number of ether oxygens (including phenoxy) is 1. The predicted octanol–water partition coefficient (Wildman–Crippen LogP) is 5.01. The predicted molar refractivity (Wildman–Crippen MR) is 197 cm³/mol. The van der Waals surface area contributed by atoms with Crippen LogP contribution < -0.4 is 21.7 Å². The fourth-order valence-electron chi connectivity index (χ4n) is 11.1. The number of carbonyl (C=O) groups is 2. The van der Waals surface area contributed by atoms with Crippen molar-refractivity contribution < 1.29 is 24.5 Å². The molecule has 1 amide bonds. The minimum atomic E-state index is -0.534. The molecule has 0 radical (unpaired) electrons. The number of esters is 1. The molecule has 4 aliphatic carbocycles. The van der Waals surface area contributed by atoms with Crippen molar-refractivity contribution in [3.8, 4) is 0 Å². The lowest BCUT2D eigenvalue weighted by Crippen LogP contribution is -2.65. The first-order valence-corrected chi connectivity index (χ1v) is 19.5. The average molecular weight is 687 g/mol. The van der Waals surface area contributed by atoms with Gasteiger partial charge in [0.25, 0.3) is 0 Å². The molecule has 4 saturated carbocycles. The summed E-state index contributed by atoms with van der Waals surface area (Å²) in [5.41, 5.74) is 7.88. The van der Waals surface area contributed by atoms with Crippen molar-refractivity contribution in [3.63, 3.8) is 0 Å². The van der Waals surface area contributed by atoms with Crippen LogP contribution in [0.5, 0.6) is 0 Å². The van der Waals surface area contributed by atoms with Crippen molar-refractivity contribution in [1.82, 2.24) is 16.0 Å². The van der Waals surface area contributed by atoms with Crippen LogP contribution in [0.2, 0.25) is 0 Å². The number of nitrogens with two attached hydrogens (primary N) is 1. The van der Waals surface area contributed by atoms with Crippen LogP contribution in [0.1, 0.15) is 119 Å². The molecule has 4 fully saturated rings. The van der Waals surface area contributed by atoms with Crippen LogP contribution in [0.4, 0.5) is 0 Å². The Kier molecular flexibility index (Phi) is 14.0. The zero-order valence-electron chi connectivity index (χ0n) is 31.8. The van der Waals surface area contributed by atoms with Crippen LogP contribution >= 0.6 is 0 Å². The number of nitrogens with one attached hydrogen (secondary N) is 3. The molecule has 4 rings (SSSR count). The summed E-state index contributed by atoms with van der Waals surface area (Å²) in [5.74, 6) is 0.176. The fraction of sp³-hybridized carbons (Fsp3) is 0.850. The van der Waals surface area contributed by atoms with Crippen molar-refractivity contribution >= 4 is 11.9 Å². The molecule has 0 aliphatic heterocycles. The van der Waals surface area contributed by atoms with Crippen LogP contribution in [0.15, 0.2) is 22.8 Å². The Morgan fingerprint density at radius 3 is 2.20 bits per heavy atom. The number of amides is 1. The molecule has 0 heterocycles. The first-order chi connectivity index (χ1) is 23.2. The lowest BCUT2D eigenvalue weighted by Gasteiger charge is -2.69. The molecular weight excluding hydrogens is 616 g/mol. The van der Waals surface area contributed by atoms with E-state index in [4.69, 9.17) is 10.5 Å². The van der Waals surface area contributed by atoms with E-state index in [0.29, 0.717) is 38.3 Å². The zero-order valence-corrected chi connectivity index (χ0v) is 31.8. The second-order valence-electron chi connectivity index (χ2n) is 16.9. The van der Waals surface area contributed by atoms with Crippen LogP contribution in [0, 0.1) is 39.9 Å². The van der Waals surface area contributed by atoms with Gasteiger partial charge in [-0.1, -0.05) is 39.3 Å². The third-order valence-corrected chi connectivity index (χ3v) is 13.7. The molecule has 0 bridgehead atoms. The Hall–Kier alpha value is -1.78. The van der Waals surface area contributed by atoms with E-state index in [1.807, 2.05) is 0 Å². The Balaban J connectivity index is 1.58. The van der Waals surface area contributed by atoms with E-state index in [1.54, 1.807) is 0 Å². The van der Waals surface area contributed by atoms with Crippen molar-refractivity contribution in [1.29, 1.82) is 0 Å². The second kappa shape index (κ2) is 17.2. The SMILES string of the molecule is CC(=O)O[C@H]1C[C@@]2(C)C(C[C@@H](O)C3[C@@]4(C)CC[C@@H](O)[C@@H](C)C4CC[C@@]32C)C1=C(CCC=C(C)C)C(=O)NCCCNCCCNCCCN. The molecule has 0 aromatic carbocycles. The minimum Gasteiger partial charge on any atom is -0.458 e. The van der Waals surface area contributed by atoms with Crippen LogP contribution in [-0.4, -0.2) is 79.7 Å². The monoisotopic (exact) mass is 687 g/mol. The van der Waals surface area contributed by atoms with Crippen LogP contribution in [0.25, 0.3) is 0 Å². The van der Waals surface area contributed by atoms with Crippen LogP contribution in [-0.2, 0) is 14.3 Å². The molecule has 0 aromatic rings. The summed E-state index contributed by atoms with van der Waals surface area (Å²) >= 11 is 0. The zero-order chi connectivity index (χ0) is 36.0. The third kappa shape index (κ3) is 8.48. The van der Waals surface area contributed by atoms with Gasteiger partial charge in [0.1, 0.15) is 6.10 Å². The van der Waals surface area contributed by atoms with E-state index in [9.17, 15) is 19.8 Å². The van der Waals surface area contributed by atoms with Gasteiger partial charge in [-0.15, -0.1) is 0 Å². The van der Waals surface area contributed by atoms with Crippen molar-refractivity contribution in [2.45, 2.75) is 137 Å². The first kappa shape index (κ1) is 40.0. The molecule has 3 unspecified atom stereocenters. The molecule has 280 valence electrons. The van der Waals surface area contributed by atoms with E-state index in [0.717, 1.165) is 88.7 Å². The highest BCUT2D eigenvalue weighted by atomic mass is 16.5. The van der Waals surface area contributed by atoms with E-state index < -0.39 is 12.2 Å². The molecule has 4 aliphatic rings. The van der Waals surface area contributed by atoms with Gasteiger partial charge in [0, 0.05) is 19.0 Å². The van der Waals surface area contributed by atoms with E-state index in [2.05, 4.69) is 63.6 Å². The van der Waals surface area contributed by atoms with Crippen molar-refractivity contribution in [2.24, 2.45) is 45.7 Å². The summed E-state index contributed by atoms with van der Waals surface area (Å²) in [6.45, 7) is 19.9. The largest absolute Gasteiger partial charge is 0.458 e. The van der Waals surface area contributed by atoms with Gasteiger partial charge in [0.2, 0.25) is 5.91 Å². The summed E-state index contributed by atoms with van der Waals surface area (Å²) in [7, 11) is 0. The van der Waals surface area contributed by atoms with Gasteiger partial charge in [-0.05, 0) is 163 Å². The maximum absolute atomic E-state index is 14.2. The number of hydrogen-bond acceptors (Lipinski definition) is 8. The third-order valence-electron chi connectivity index (χ3n) is 13.7. The fourth-order valence-corrected chi connectivity index (χ4v) is 11.1. The van der Waals surface area contributed by atoms with E-state index in [-0.39, 0.29) is 52.0 Å². The molecular formula is C40H70N4O5. The molecule has 0 aromatic heterocycles. The normalized spacial score (nSPS) is 37.8. The lowest BCUT2D eigenvalue weighted by molar-refractivity contribution is -0.234. The summed E-state index contributed by atoms with van der Waals surface area (Å²) in [6.07, 6.45) is 9.90. The Labute approximate surface area is 297 Å². The van der Waals surface area contributed by atoms with Crippen molar-refractivity contribution in [2.75, 3.05) is 39.3 Å². The number of aliphatic hydroxyl groups is 2. The number of rotatable bonds is 16. The molecule has 49 heavy (non-hydrogen) atoms. The molecule has 10 atom stereocenters. The van der Waals surface area contributed by atoms with Gasteiger partial charge < -0.3 is 36.6 Å². The summed E-state index contributed by atoms with van der Waals surface area (Å²) in [6, 6.07) is 0. The average Bonchev–Trinajstić information content (AvgIpc) is 3.30. The number of carbonyl (C=O) groups excluding carboxylic acids is 2. The van der Waals surface area contributed by atoms with Gasteiger partial charge in [0.05, 0.1) is 12.2 Å². The molecule has 0 spiro atoms. The number of aliphatic hydroxyl groups excluding tert-OH is 2. The maximum atomic E-state index is 14.2. The highest BCUT2D eigenvalue weighted by Crippen LogP contribution is 2.74. The molecule has 9 nitrogen and oxygen atoms in total. The van der Waals surface area contributed by atoms with Gasteiger partial charge in [-0.3, -0.25) is 9.59 Å². The first-order valence-electron chi connectivity index (χ1n) is 19.5. The van der Waals surface area contributed by atoms with Gasteiger partial charge in [-0.2, -0.15) is 0 Å². The lowest BCUT2D eigenvalue weighted by atomic mass is 9.36. The summed E-state index contributed by atoms with van der Waals surface area (Å²) in [5, 5.41) is 33.2. The van der Waals surface area contributed by atoms with Crippen molar-refractivity contribution in [3.05, 3.63) is 22.8 Å². The molecule has 0 saturated heterocycles. The standard InChI is InChI=1S/C40H70N4O5/c1-26(2)12-8-13-29(37(48)44-23-11-22-43-21-10-20-42-19-9-18-41)35-31-24-33(47)36-38(5)16-15-32(46)27(3)30(38)14-17-39(36,6)40(31,7)25-34(35)49-28(4)45/h12,27,30-34,36,42-43,46-47H,8-11,13-25,41H2,1-7H3,(H,44,48)/t27-,30?,31?,32+,33+,34-,36?,38-,39-,40-/m0/s1. The second-order valence-corrected chi connectivity index (χ2v) is 16.9. The van der Waals surface area contributed by atoms with E-state index in [1.165, 1.54) is 12.5 Å². The maximum Gasteiger partial charge on any atom is 0.303 e. The number of allylic oxidation sites excluding steroid dienone is 2. The molecule has 7 N–H and O–H groups in total. The topological polar surface area (TPSA) is 146 Å². The Morgan fingerprint density at radius 1 is 0.918 bits per heavy atom. The highest BCUT2D eigenvalue weighted by Gasteiger charge is 2.70. The highest BCUT2D eigenvalue weighted by molar-refractivity contribution is 5.94. The summed E-state index contributed by atoms with van der Waals surface area (Å²) < 4.78 is 6.15. The smallest absolute Gasteiger partial charge is 0.303 e. The number of hydrogen-bond donors (Lipinski definition) is 6. The summed E-state index contributed by atoms with van der Waals surface area (Å²) in [4.78, 5) is 26.8. The van der Waals surface area contributed by atoms with E-state index >= 15 is 0 Å². The minimum absolute atomic E-state index is 0.0626. The van der Waals surface area contributed by atoms with Crippen LogP contribution in [0.3, 0.4) is 0 Å². The number of fused-ring (bicyclic) bond motifs is 5. The van der Waals surface area contributed by atoms with Gasteiger partial charge in [0.15, 0.2) is 0 Å². The molecule has 9 heteroatoms. The van der Waals surface area contributed by atoms with Gasteiger partial charge >= 0.3 is 5.97 Å². The quantitative estimate of drug-likeness (QED) is 0.0576. The Morgan fingerprint density at radius 2 is 1.57 bits per heavy atom. The van der Waals surface area contributed by atoms with Gasteiger partial charge in [-0.25, -0.2) is 0 Å².